The topological polar surface area (TPSA) is 55.1 Å². The molecule has 1 heterocycles. The van der Waals surface area contributed by atoms with Gasteiger partial charge in [-0.05, 0) is 18.9 Å². The fraction of sp³-hybridized carbons (Fsp3) is 0.636. The minimum absolute atomic E-state index is 0.0473. The van der Waals surface area contributed by atoms with E-state index < -0.39 is 11.9 Å². The zero-order valence-corrected chi connectivity index (χ0v) is 9.49. The molecule has 1 aliphatic rings. The van der Waals surface area contributed by atoms with Crippen LogP contribution in [0.25, 0.3) is 0 Å². The van der Waals surface area contributed by atoms with Crippen LogP contribution in [0.2, 0.25) is 0 Å². The Kier molecular flexibility index (Phi) is 2.89. The molecule has 1 aromatic heterocycles. The second kappa shape index (κ2) is 4.09. The molecule has 17 heavy (non-hydrogen) atoms. The minimum atomic E-state index is -2.57. The van der Waals surface area contributed by atoms with Crippen molar-refractivity contribution in [1.29, 1.82) is 0 Å². The number of alkyl halides is 2. The fourth-order valence-electron chi connectivity index (χ4n) is 2.22. The van der Waals surface area contributed by atoms with Gasteiger partial charge in [0.1, 0.15) is 5.69 Å². The second-order valence-electron chi connectivity index (χ2n) is 4.51. The van der Waals surface area contributed by atoms with Crippen LogP contribution < -0.4 is 0 Å². The first kappa shape index (κ1) is 12.0. The van der Waals surface area contributed by atoms with E-state index in [-0.39, 0.29) is 24.5 Å². The first-order valence-corrected chi connectivity index (χ1v) is 5.54. The number of nitrogens with zero attached hydrogens (tertiary/aromatic N) is 2. The largest absolute Gasteiger partial charge is 0.477 e. The molecule has 0 spiro atoms. The molecule has 0 aromatic carbocycles. The number of aryl methyl sites for hydroxylation is 1. The highest BCUT2D eigenvalue weighted by atomic mass is 19.3. The van der Waals surface area contributed by atoms with Crippen LogP contribution >= 0.6 is 0 Å². The van der Waals surface area contributed by atoms with Crippen LogP contribution in [-0.4, -0.2) is 26.8 Å². The lowest BCUT2D eigenvalue weighted by molar-refractivity contribution is -0.0385. The predicted molar refractivity (Wildman–Crippen MR) is 56.3 cm³/mol. The molecular formula is C11H14F2N2O2. The molecule has 0 atom stereocenters. The van der Waals surface area contributed by atoms with Crippen molar-refractivity contribution in [2.24, 2.45) is 7.05 Å². The fourth-order valence-corrected chi connectivity index (χ4v) is 2.22. The Labute approximate surface area is 97.2 Å². The Bertz CT molecular complexity index is 433. The number of carboxylic acids is 1. The lowest BCUT2D eigenvalue weighted by Crippen LogP contribution is -2.23. The summed E-state index contributed by atoms with van der Waals surface area (Å²) in [6.45, 7) is 0. The zero-order chi connectivity index (χ0) is 12.6. The summed E-state index contributed by atoms with van der Waals surface area (Å²) < 4.78 is 27.3. The maximum absolute atomic E-state index is 13.0. The molecular weight excluding hydrogens is 230 g/mol. The Morgan fingerprint density at radius 3 is 2.59 bits per heavy atom. The number of aromatic nitrogens is 2. The molecule has 4 nitrogen and oxygen atoms in total. The third kappa shape index (κ3) is 2.45. The Morgan fingerprint density at radius 2 is 2.12 bits per heavy atom. The molecule has 1 saturated carbocycles. The molecule has 0 aliphatic heterocycles. The SMILES string of the molecule is Cn1nc(C2CCC(F)(F)CC2)cc1C(=O)O. The van der Waals surface area contributed by atoms with Crippen molar-refractivity contribution in [3.63, 3.8) is 0 Å². The Hall–Kier alpha value is -1.46. The maximum Gasteiger partial charge on any atom is 0.354 e. The summed E-state index contributed by atoms with van der Waals surface area (Å²) in [5.74, 6) is -3.66. The molecule has 0 saturated heterocycles. The Morgan fingerprint density at radius 1 is 1.53 bits per heavy atom. The number of rotatable bonds is 2. The van der Waals surface area contributed by atoms with E-state index in [2.05, 4.69) is 5.10 Å². The van der Waals surface area contributed by atoms with Crippen molar-refractivity contribution in [3.05, 3.63) is 17.5 Å². The smallest absolute Gasteiger partial charge is 0.354 e. The molecule has 0 unspecified atom stereocenters. The zero-order valence-electron chi connectivity index (χ0n) is 9.49. The molecule has 1 aromatic rings. The highest BCUT2D eigenvalue weighted by Crippen LogP contribution is 2.40. The molecule has 0 bridgehead atoms. The number of aromatic carboxylic acids is 1. The predicted octanol–water partition coefficient (Wildman–Crippen LogP) is 2.41. The minimum Gasteiger partial charge on any atom is -0.477 e. The first-order chi connectivity index (χ1) is 7.89. The van der Waals surface area contributed by atoms with E-state index in [0.29, 0.717) is 18.5 Å². The van der Waals surface area contributed by atoms with Crippen LogP contribution in [0, 0.1) is 0 Å². The van der Waals surface area contributed by atoms with Crippen molar-refractivity contribution >= 4 is 5.97 Å². The van der Waals surface area contributed by atoms with Gasteiger partial charge in [-0.15, -0.1) is 0 Å². The van der Waals surface area contributed by atoms with E-state index in [1.165, 1.54) is 10.7 Å². The van der Waals surface area contributed by atoms with Gasteiger partial charge >= 0.3 is 5.97 Å². The summed E-state index contributed by atoms with van der Waals surface area (Å²) in [6.07, 6.45) is 0.444. The molecule has 6 heteroatoms. The second-order valence-corrected chi connectivity index (χ2v) is 4.51. The van der Waals surface area contributed by atoms with Crippen LogP contribution in [0.4, 0.5) is 8.78 Å². The number of carbonyl (C=O) groups is 1. The lowest BCUT2D eigenvalue weighted by atomic mass is 9.85. The van der Waals surface area contributed by atoms with Gasteiger partial charge < -0.3 is 5.11 Å². The van der Waals surface area contributed by atoms with Gasteiger partial charge in [0.15, 0.2) is 0 Å². The Balaban J connectivity index is 2.14. The van der Waals surface area contributed by atoms with Crippen LogP contribution in [0.3, 0.4) is 0 Å². The molecule has 0 radical (unpaired) electrons. The van der Waals surface area contributed by atoms with Crippen LogP contribution in [0.5, 0.6) is 0 Å². The molecule has 0 amide bonds. The molecule has 1 N–H and O–H groups in total. The van der Waals surface area contributed by atoms with Crippen molar-refractivity contribution in [2.45, 2.75) is 37.5 Å². The summed E-state index contributed by atoms with van der Waals surface area (Å²) in [6, 6.07) is 1.48. The average molecular weight is 244 g/mol. The van der Waals surface area contributed by atoms with Crippen molar-refractivity contribution in [1.82, 2.24) is 9.78 Å². The molecule has 94 valence electrons. The molecule has 1 fully saturated rings. The van der Waals surface area contributed by atoms with Crippen LogP contribution in [0.15, 0.2) is 6.07 Å². The highest BCUT2D eigenvalue weighted by Gasteiger charge is 2.36. The van der Waals surface area contributed by atoms with Gasteiger partial charge in [-0.25, -0.2) is 13.6 Å². The summed E-state index contributed by atoms with van der Waals surface area (Å²) in [5, 5.41) is 13.0. The van der Waals surface area contributed by atoms with Crippen LogP contribution in [0.1, 0.15) is 47.8 Å². The third-order valence-corrected chi connectivity index (χ3v) is 3.25. The van der Waals surface area contributed by atoms with Crippen LogP contribution in [-0.2, 0) is 7.05 Å². The normalized spacial score (nSPS) is 20.4. The van der Waals surface area contributed by atoms with Crippen molar-refractivity contribution in [2.75, 3.05) is 0 Å². The van der Waals surface area contributed by atoms with E-state index in [0.717, 1.165) is 0 Å². The van der Waals surface area contributed by atoms with Gasteiger partial charge in [-0.1, -0.05) is 0 Å². The quantitative estimate of drug-likeness (QED) is 0.869. The summed E-state index contributed by atoms with van der Waals surface area (Å²) in [4.78, 5) is 10.8. The maximum atomic E-state index is 13.0. The van der Waals surface area contributed by atoms with Crippen molar-refractivity contribution in [3.8, 4) is 0 Å². The summed E-state index contributed by atoms with van der Waals surface area (Å²) in [7, 11) is 1.55. The van der Waals surface area contributed by atoms with E-state index in [1.54, 1.807) is 7.05 Å². The highest BCUT2D eigenvalue weighted by molar-refractivity contribution is 5.85. The third-order valence-electron chi connectivity index (χ3n) is 3.25. The number of halogens is 2. The van der Waals surface area contributed by atoms with E-state index >= 15 is 0 Å². The molecule has 1 aliphatic carbocycles. The van der Waals surface area contributed by atoms with E-state index in [4.69, 9.17) is 5.11 Å². The van der Waals surface area contributed by atoms with Crippen molar-refractivity contribution < 1.29 is 18.7 Å². The van der Waals surface area contributed by atoms with Gasteiger partial charge in [0.2, 0.25) is 5.92 Å². The standard InChI is InChI=1S/C11H14F2N2O2/c1-15-9(10(16)17)6-8(14-15)7-2-4-11(12,13)5-3-7/h6-7H,2-5H2,1H3,(H,16,17). The van der Waals surface area contributed by atoms with E-state index in [1.807, 2.05) is 0 Å². The number of hydrogen-bond donors (Lipinski definition) is 1. The molecule has 2 rings (SSSR count). The van der Waals surface area contributed by atoms with E-state index in [9.17, 15) is 13.6 Å². The van der Waals surface area contributed by atoms with Gasteiger partial charge in [0.05, 0.1) is 5.69 Å². The number of hydrogen-bond acceptors (Lipinski definition) is 2. The summed E-state index contributed by atoms with van der Waals surface area (Å²) in [5.41, 5.74) is 0.706. The monoisotopic (exact) mass is 244 g/mol. The van der Waals surface area contributed by atoms with Gasteiger partial charge in [0, 0.05) is 25.8 Å². The van der Waals surface area contributed by atoms with Gasteiger partial charge in [-0.2, -0.15) is 5.10 Å². The first-order valence-electron chi connectivity index (χ1n) is 5.54. The summed E-state index contributed by atoms with van der Waals surface area (Å²) >= 11 is 0. The van der Waals surface area contributed by atoms with Gasteiger partial charge in [-0.3, -0.25) is 4.68 Å². The average Bonchev–Trinajstić information content (AvgIpc) is 2.60. The number of carboxylic acid groups (broad SMARTS) is 1. The van der Waals surface area contributed by atoms with Gasteiger partial charge in [0.25, 0.3) is 0 Å². The lowest BCUT2D eigenvalue weighted by Gasteiger charge is -2.26.